The second kappa shape index (κ2) is 4.72. The lowest BCUT2D eigenvalue weighted by atomic mass is 9.93. The van der Waals surface area contributed by atoms with Gasteiger partial charge in [0.1, 0.15) is 11.4 Å². The fourth-order valence-electron chi connectivity index (χ4n) is 1.90. The van der Waals surface area contributed by atoms with Crippen LogP contribution in [0.15, 0.2) is 4.63 Å². The smallest absolute Gasteiger partial charge is 0.133 e. The zero-order valence-electron chi connectivity index (χ0n) is 8.98. The Hall–Kier alpha value is -0.940. The molecule has 84 valence electrons. The summed E-state index contributed by atoms with van der Waals surface area (Å²) in [4.78, 5) is 0. The third-order valence-corrected chi connectivity index (χ3v) is 2.93. The molecule has 1 aromatic heterocycles. The first-order valence-electron chi connectivity index (χ1n) is 5.42. The van der Waals surface area contributed by atoms with E-state index in [1.807, 2.05) is 6.92 Å². The fraction of sp³-hybridized carbons (Fsp3) is 0.800. The van der Waals surface area contributed by atoms with Crippen LogP contribution in [0.25, 0.3) is 0 Å². The quantitative estimate of drug-likeness (QED) is 0.812. The minimum Gasteiger partial charge on any atom is -0.370 e. The lowest BCUT2D eigenvalue weighted by molar-refractivity contribution is 0.00137. The lowest BCUT2D eigenvalue weighted by Crippen LogP contribution is -2.39. The van der Waals surface area contributed by atoms with Crippen LogP contribution in [-0.2, 0) is 11.3 Å². The van der Waals surface area contributed by atoms with Gasteiger partial charge < -0.3 is 10.5 Å². The van der Waals surface area contributed by atoms with E-state index in [1.54, 1.807) is 0 Å². The number of ether oxygens (including phenoxy) is 1. The van der Waals surface area contributed by atoms with Crippen LogP contribution >= 0.6 is 0 Å². The molecule has 2 unspecified atom stereocenters. The van der Waals surface area contributed by atoms with Crippen LogP contribution in [0.2, 0.25) is 0 Å². The van der Waals surface area contributed by atoms with E-state index in [4.69, 9.17) is 10.5 Å². The summed E-state index contributed by atoms with van der Waals surface area (Å²) in [5.41, 5.74) is 7.53. The van der Waals surface area contributed by atoms with Gasteiger partial charge in [-0.15, -0.1) is 0 Å². The maximum absolute atomic E-state index is 5.97. The van der Waals surface area contributed by atoms with Crippen molar-refractivity contribution in [1.82, 2.24) is 10.3 Å². The second-order valence-electron chi connectivity index (χ2n) is 4.09. The molecule has 1 saturated carbocycles. The molecular formula is C10H17N3O2. The van der Waals surface area contributed by atoms with Crippen molar-refractivity contribution in [3.05, 3.63) is 11.4 Å². The van der Waals surface area contributed by atoms with Gasteiger partial charge in [-0.1, -0.05) is 23.2 Å². The van der Waals surface area contributed by atoms with E-state index in [0.717, 1.165) is 24.2 Å². The molecule has 5 nitrogen and oxygen atoms in total. The molecule has 2 rings (SSSR count). The van der Waals surface area contributed by atoms with Crippen LogP contribution in [0.1, 0.15) is 37.1 Å². The van der Waals surface area contributed by atoms with Gasteiger partial charge >= 0.3 is 0 Å². The van der Waals surface area contributed by atoms with Gasteiger partial charge in [0.2, 0.25) is 0 Å². The van der Waals surface area contributed by atoms with Crippen LogP contribution in [0.3, 0.4) is 0 Å². The molecule has 1 fully saturated rings. The van der Waals surface area contributed by atoms with Crippen LogP contribution in [0.4, 0.5) is 0 Å². The van der Waals surface area contributed by atoms with Gasteiger partial charge in [0.25, 0.3) is 0 Å². The summed E-state index contributed by atoms with van der Waals surface area (Å²) in [5.74, 6) is 0. The second-order valence-corrected chi connectivity index (χ2v) is 4.09. The van der Waals surface area contributed by atoms with Crippen LogP contribution < -0.4 is 5.73 Å². The molecule has 0 saturated heterocycles. The van der Waals surface area contributed by atoms with E-state index >= 15 is 0 Å². The Morgan fingerprint density at radius 3 is 2.87 bits per heavy atom. The summed E-state index contributed by atoms with van der Waals surface area (Å²) in [7, 11) is 0. The molecule has 1 aliphatic carbocycles. The van der Waals surface area contributed by atoms with Crippen molar-refractivity contribution < 1.29 is 9.37 Å². The average molecular weight is 211 g/mol. The molecule has 0 radical (unpaired) electrons. The Morgan fingerprint density at radius 2 is 2.20 bits per heavy atom. The largest absolute Gasteiger partial charge is 0.370 e. The molecule has 0 bridgehead atoms. The predicted octanol–water partition coefficient (Wildman–Crippen LogP) is 1.16. The van der Waals surface area contributed by atoms with E-state index in [-0.39, 0.29) is 12.1 Å². The van der Waals surface area contributed by atoms with Crippen LogP contribution in [0, 0.1) is 6.92 Å². The van der Waals surface area contributed by atoms with Crippen LogP contribution in [0.5, 0.6) is 0 Å². The summed E-state index contributed by atoms with van der Waals surface area (Å²) < 4.78 is 10.3. The summed E-state index contributed by atoms with van der Waals surface area (Å²) in [5, 5.41) is 7.48. The number of hydrogen-bond acceptors (Lipinski definition) is 5. The van der Waals surface area contributed by atoms with E-state index < -0.39 is 0 Å². The molecule has 0 spiro atoms. The first kappa shape index (κ1) is 10.6. The van der Waals surface area contributed by atoms with Gasteiger partial charge in [0, 0.05) is 6.04 Å². The molecule has 0 aromatic carbocycles. The van der Waals surface area contributed by atoms with E-state index in [2.05, 4.69) is 14.9 Å². The number of nitrogens with zero attached hydrogens (tertiary/aromatic N) is 2. The van der Waals surface area contributed by atoms with Crippen molar-refractivity contribution in [2.75, 3.05) is 0 Å². The molecule has 2 N–H and O–H groups in total. The highest BCUT2D eigenvalue weighted by Gasteiger charge is 2.22. The van der Waals surface area contributed by atoms with Gasteiger partial charge in [-0.05, 0) is 19.8 Å². The van der Waals surface area contributed by atoms with Crippen molar-refractivity contribution in [1.29, 1.82) is 0 Å². The molecule has 5 heteroatoms. The van der Waals surface area contributed by atoms with E-state index in [9.17, 15) is 0 Å². The monoisotopic (exact) mass is 211 g/mol. The van der Waals surface area contributed by atoms with Gasteiger partial charge in [-0.25, -0.2) is 4.63 Å². The molecule has 2 atom stereocenters. The molecule has 1 heterocycles. The number of aryl methyl sites for hydroxylation is 1. The zero-order chi connectivity index (χ0) is 10.7. The number of rotatable bonds is 3. The zero-order valence-corrected chi connectivity index (χ0v) is 8.98. The first-order chi connectivity index (χ1) is 7.27. The lowest BCUT2D eigenvalue weighted by Gasteiger charge is -2.28. The highest BCUT2D eigenvalue weighted by molar-refractivity contribution is 5.02. The summed E-state index contributed by atoms with van der Waals surface area (Å²) >= 11 is 0. The summed E-state index contributed by atoms with van der Waals surface area (Å²) in [6.07, 6.45) is 4.68. The van der Waals surface area contributed by atoms with E-state index in [1.165, 1.54) is 12.8 Å². The summed E-state index contributed by atoms with van der Waals surface area (Å²) in [6.45, 7) is 2.31. The molecule has 1 aliphatic rings. The van der Waals surface area contributed by atoms with Crippen molar-refractivity contribution in [2.45, 2.75) is 51.4 Å². The van der Waals surface area contributed by atoms with E-state index in [0.29, 0.717) is 6.61 Å². The fourth-order valence-corrected chi connectivity index (χ4v) is 1.90. The molecule has 0 aliphatic heterocycles. The Kier molecular flexibility index (Phi) is 3.33. The Bertz CT molecular complexity index is 313. The maximum Gasteiger partial charge on any atom is 0.133 e. The topological polar surface area (TPSA) is 74.2 Å². The Balaban J connectivity index is 1.84. The third kappa shape index (κ3) is 2.54. The average Bonchev–Trinajstić information content (AvgIpc) is 2.63. The summed E-state index contributed by atoms with van der Waals surface area (Å²) in [6, 6.07) is 0.166. The highest BCUT2D eigenvalue weighted by atomic mass is 16.6. The maximum atomic E-state index is 5.97. The highest BCUT2D eigenvalue weighted by Crippen LogP contribution is 2.20. The number of aromatic nitrogens is 2. The SMILES string of the molecule is Cc1nonc1COC1CCCCC1N. The van der Waals surface area contributed by atoms with Gasteiger partial charge in [-0.3, -0.25) is 0 Å². The van der Waals surface area contributed by atoms with Crippen molar-refractivity contribution >= 4 is 0 Å². The Labute approximate surface area is 88.9 Å². The number of nitrogens with two attached hydrogens (primary N) is 1. The third-order valence-electron chi connectivity index (χ3n) is 2.93. The Morgan fingerprint density at radius 1 is 1.40 bits per heavy atom. The minimum absolute atomic E-state index is 0.162. The van der Waals surface area contributed by atoms with Gasteiger partial charge in [0.05, 0.1) is 12.7 Å². The predicted molar refractivity (Wildman–Crippen MR) is 54.1 cm³/mol. The van der Waals surface area contributed by atoms with Crippen molar-refractivity contribution in [3.8, 4) is 0 Å². The molecule has 1 aromatic rings. The molecule has 0 amide bonds. The number of hydrogen-bond donors (Lipinski definition) is 1. The minimum atomic E-state index is 0.162. The van der Waals surface area contributed by atoms with Crippen LogP contribution in [-0.4, -0.2) is 22.5 Å². The van der Waals surface area contributed by atoms with Crippen molar-refractivity contribution in [3.63, 3.8) is 0 Å². The van der Waals surface area contributed by atoms with Crippen molar-refractivity contribution in [2.24, 2.45) is 5.73 Å². The normalized spacial score (nSPS) is 26.8. The van der Waals surface area contributed by atoms with Gasteiger partial charge in [0.15, 0.2) is 0 Å². The first-order valence-corrected chi connectivity index (χ1v) is 5.42. The van der Waals surface area contributed by atoms with Gasteiger partial charge in [-0.2, -0.15) is 0 Å². The molecular weight excluding hydrogens is 194 g/mol. The molecule has 15 heavy (non-hydrogen) atoms. The standard InChI is InChI=1S/C10H17N3O2/c1-7-9(13-15-12-7)6-14-10-5-3-2-4-8(10)11/h8,10H,2-6,11H2,1H3.